The first kappa shape index (κ1) is 15.5. The van der Waals surface area contributed by atoms with Gasteiger partial charge in [-0.2, -0.15) is 23.5 Å². The van der Waals surface area contributed by atoms with Crippen LogP contribution in [0.5, 0.6) is 0 Å². The second-order valence-corrected chi connectivity index (χ2v) is 8.08. The van der Waals surface area contributed by atoms with Crippen molar-refractivity contribution in [2.75, 3.05) is 30.9 Å². The first-order valence-electron chi connectivity index (χ1n) is 7.37. The lowest BCUT2D eigenvalue weighted by Crippen LogP contribution is -2.45. The molecule has 1 atom stereocenters. The average Bonchev–Trinajstić information content (AvgIpc) is 2.47. The Hall–Kier alpha value is 0.130. The standard InChI is InChI=1S/C14H26N2OS2/c1-18-14(5-3-2-4-6-14)11-16-13(17)9-12-10-19-8-7-15-12/h12,15H,2-11H2,1H3,(H,16,17). The molecule has 0 aromatic rings. The van der Waals surface area contributed by atoms with Crippen molar-refractivity contribution in [2.24, 2.45) is 0 Å². The van der Waals surface area contributed by atoms with Crippen molar-refractivity contribution in [3.05, 3.63) is 0 Å². The summed E-state index contributed by atoms with van der Waals surface area (Å²) in [6.45, 7) is 1.89. The fourth-order valence-corrected chi connectivity index (χ4v) is 4.82. The smallest absolute Gasteiger partial charge is 0.221 e. The molecule has 0 aromatic carbocycles. The highest BCUT2D eigenvalue weighted by atomic mass is 32.2. The SMILES string of the molecule is CSC1(CNC(=O)CC2CSCCN2)CCCCC1. The van der Waals surface area contributed by atoms with Gasteiger partial charge in [0.15, 0.2) is 0 Å². The number of thioether (sulfide) groups is 2. The van der Waals surface area contributed by atoms with Crippen LogP contribution in [0.2, 0.25) is 0 Å². The minimum atomic E-state index is 0.221. The van der Waals surface area contributed by atoms with Gasteiger partial charge in [-0.25, -0.2) is 0 Å². The summed E-state index contributed by atoms with van der Waals surface area (Å²) in [5.74, 6) is 2.47. The molecule has 0 radical (unpaired) electrons. The zero-order chi connectivity index (χ0) is 13.6. The molecule has 110 valence electrons. The number of rotatable bonds is 5. The van der Waals surface area contributed by atoms with Gasteiger partial charge in [0.1, 0.15) is 0 Å². The van der Waals surface area contributed by atoms with Crippen molar-refractivity contribution in [1.29, 1.82) is 0 Å². The topological polar surface area (TPSA) is 41.1 Å². The van der Waals surface area contributed by atoms with E-state index in [-0.39, 0.29) is 5.91 Å². The fourth-order valence-electron chi connectivity index (χ4n) is 2.96. The Morgan fingerprint density at radius 1 is 1.42 bits per heavy atom. The van der Waals surface area contributed by atoms with E-state index in [1.54, 1.807) is 0 Å². The van der Waals surface area contributed by atoms with Gasteiger partial charge in [0, 0.05) is 41.8 Å². The van der Waals surface area contributed by atoms with E-state index in [1.807, 2.05) is 23.5 Å². The summed E-state index contributed by atoms with van der Waals surface area (Å²) in [7, 11) is 0. The molecule has 19 heavy (non-hydrogen) atoms. The van der Waals surface area contributed by atoms with Crippen LogP contribution in [0.4, 0.5) is 0 Å². The monoisotopic (exact) mass is 302 g/mol. The van der Waals surface area contributed by atoms with Crippen LogP contribution in [0.25, 0.3) is 0 Å². The Morgan fingerprint density at radius 2 is 2.21 bits per heavy atom. The first-order chi connectivity index (χ1) is 9.24. The number of amides is 1. The van der Waals surface area contributed by atoms with Crippen molar-refractivity contribution in [3.63, 3.8) is 0 Å². The molecule has 2 N–H and O–H groups in total. The Kier molecular flexibility index (Phi) is 6.36. The van der Waals surface area contributed by atoms with Gasteiger partial charge in [-0.15, -0.1) is 0 Å². The fraction of sp³-hybridized carbons (Fsp3) is 0.929. The molecule has 1 aliphatic carbocycles. The predicted molar refractivity (Wildman–Crippen MR) is 86.1 cm³/mol. The summed E-state index contributed by atoms with van der Waals surface area (Å²) in [5, 5.41) is 6.61. The zero-order valence-electron chi connectivity index (χ0n) is 11.9. The number of carbonyl (C=O) groups is 1. The molecule has 0 bridgehead atoms. The van der Waals surface area contributed by atoms with Crippen molar-refractivity contribution in [1.82, 2.24) is 10.6 Å². The third-order valence-corrected chi connectivity index (χ3v) is 6.79. The number of nitrogens with one attached hydrogen (secondary N) is 2. The maximum atomic E-state index is 12.0. The quantitative estimate of drug-likeness (QED) is 0.817. The molecular formula is C14H26N2OS2. The van der Waals surface area contributed by atoms with E-state index >= 15 is 0 Å². The maximum absolute atomic E-state index is 12.0. The van der Waals surface area contributed by atoms with Crippen LogP contribution >= 0.6 is 23.5 Å². The lowest BCUT2D eigenvalue weighted by molar-refractivity contribution is -0.121. The highest BCUT2D eigenvalue weighted by Crippen LogP contribution is 2.37. The summed E-state index contributed by atoms with van der Waals surface area (Å²) in [6, 6.07) is 0.371. The molecule has 1 heterocycles. The second kappa shape index (κ2) is 7.79. The van der Waals surface area contributed by atoms with Crippen LogP contribution in [0, 0.1) is 0 Å². The minimum absolute atomic E-state index is 0.221. The van der Waals surface area contributed by atoms with Gasteiger partial charge in [-0.05, 0) is 19.1 Å². The van der Waals surface area contributed by atoms with Gasteiger partial charge in [0.25, 0.3) is 0 Å². The van der Waals surface area contributed by atoms with E-state index in [9.17, 15) is 4.79 Å². The van der Waals surface area contributed by atoms with Crippen LogP contribution in [0.15, 0.2) is 0 Å². The van der Waals surface area contributed by atoms with E-state index in [1.165, 1.54) is 37.9 Å². The summed E-state index contributed by atoms with van der Waals surface area (Å²) < 4.78 is 0.308. The molecule has 2 rings (SSSR count). The lowest BCUT2D eigenvalue weighted by atomic mass is 9.88. The molecule has 1 unspecified atom stereocenters. The molecule has 1 saturated heterocycles. The molecule has 1 amide bonds. The summed E-state index contributed by atoms with van der Waals surface area (Å²) in [5.41, 5.74) is 0. The maximum Gasteiger partial charge on any atom is 0.221 e. The van der Waals surface area contributed by atoms with Gasteiger partial charge < -0.3 is 10.6 Å². The summed E-state index contributed by atoms with van der Waals surface area (Å²) in [6.07, 6.45) is 9.33. The molecule has 3 nitrogen and oxygen atoms in total. The van der Waals surface area contributed by atoms with E-state index < -0.39 is 0 Å². The van der Waals surface area contributed by atoms with Crippen LogP contribution in [0.3, 0.4) is 0 Å². The highest BCUT2D eigenvalue weighted by Gasteiger charge is 2.31. The van der Waals surface area contributed by atoms with Crippen LogP contribution < -0.4 is 10.6 Å². The van der Waals surface area contributed by atoms with E-state index in [0.717, 1.165) is 18.8 Å². The third-order valence-electron chi connectivity index (χ3n) is 4.24. The van der Waals surface area contributed by atoms with Gasteiger partial charge in [-0.1, -0.05) is 19.3 Å². The van der Waals surface area contributed by atoms with Crippen molar-refractivity contribution in [3.8, 4) is 0 Å². The first-order valence-corrected chi connectivity index (χ1v) is 9.75. The Balaban J connectivity index is 1.72. The molecule has 0 spiro atoms. The van der Waals surface area contributed by atoms with E-state index in [4.69, 9.17) is 0 Å². The van der Waals surface area contributed by atoms with Gasteiger partial charge in [0.05, 0.1) is 0 Å². The number of carbonyl (C=O) groups excluding carboxylic acids is 1. The summed E-state index contributed by atoms with van der Waals surface area (Å²) in [4.78, 5) is 12.0. The second-order valence-electron chi connectivity index (χ2n) is 5.65. The Bertz CT molecular complexity index is 287. The Morgan fingerprint density at radius 3 is 2.84 bits per heavy atom. The van der Waals surface area contributed by atoms with Crippen molar-refractivity contribution < 1.29 is 4.79 Å². The van der Waals surface area contributed by atoms with Gasteiger partial charge in [0.2, 0.25) is 5.91 Å². The molecule has 5 heteroatoms. The minimum Gasteiger partial charge on any atom is -0.355 e. The van der Waals surface area contributed by atoms with Crippen LogP contribution in [0.1, 0.15) is 38.5 Å². The summed E-state index contributed by atoms with van der Waals surface area (Å²) >= 11 is 3.90. The molecule has 2 aliphatic rings. The normalized spacial score (nSPS) is 26.9. The van der Waals surface area contributed by atoms with E-state index in [2.05, 4.69) is 16.9 Å². The van der Waals surface area contributed by atoms with Crippen LogP contribution in [-0.4, -0.2) is 47.5 Å². The largest absolute Gasteiger partial charge is 0.355 e. The van der Waals surface area contributed by atoms with Crippen LogP contribution in [-0.2, 0) is 4.79 Å². The lowest BCUT2D eigenvalue weighted by Gasteiger charge is -2.36. The Labute approximate surface area is 125 Å². The molecular weight excluding hydrogens is 276 g/mol. The number of hydrogen-bond donors (Lipinski definition) is 2. The molecule has 0 aromatic heterocycles. The number of hydrogen-bond acceptors (Lipinski definition) is 4. The highest BCUT2D eigenvalue weighted by molar-refractivity contribution is 8.00. The zero-order valence-corrected chi connectivity index (χ0v) is 13.5. The molecule has 2 fully saturated rings. The average molecular weight is 303 g/mol. The third kappa shape index (κ3) is 4.87. The van der Waals surface area contributed by atoms with Gasteiger partial charge in [-0.3, -0.25) is 4.79 Å². The molecule has 1 saturated carbocycles. The van der Waals surface area contributed by atoms with Gasteiger partial charge >= 0.3 is 0 Å². The van der Waals surface area contributed by atoms with Crippen molar-refractivity contribution in [2.45, 2.75) is 49.3 Å². The van der Waals surface area contributed by atoms with Crippen molar-refractivity contribution >= 4 is 29.4 Å². The molecule has 1 aliphatic heterocycles. The predicted octanol–water partition coefficient (Wildman–Crippen LogP) is 2.26. The van der Waals surface area contributed by atoms with E-state index in [0.29, 0.717) is 17.2 Å².